The number of carbonyl (C=O) groups is 1. The molecular formula is C13H20N2OS. The van der Waals surface area contributed by atoms with Crippen molar-refractivity contribution in [3.8, 4) is 0 Å². The number of hydrogen-bond donors (Lipinski definition) is 2. The standard InChI is InChI=1S/C13H20N2OS/c1-10-6-4-5-7-11(10)8-17-9-13(2,3)12(16)15-14/h4-7H,8-9,14H2,1-3H3,(H,15,16). The normalized spacial score (nSPS) is 11.3. The largest absolute Gasteiger partial charge is 0.294 e. The van der Waals surface area contributed by atoms with Crippen molar-refractivity contribution in [2.75, 3.05) is 5.75 Å². The minimum atomic E-state index is -0.428. The predicted molar refractivity (Wildman–Crippen MR) is 73.5 cm³/mol. The maximum absolute atomic E-state index is 11.5. The first kappa shape index (κ1) is 14.1. The number of aryl methyl sites for hydroxylation is 1. The van der Waals surface area contributed by atoms with Gasteiger partial charge in [0.15, 0.2) is 0 Å². The maximum Gasteiger partial charge on any atom is 0.240 e. The molecule has 3 nitrogen and oxygen atoms in total. The molecule has 0 fully saturated rings. The quantitative estimate of drug-likeness (QED) is 0.480. The van der Waals surface area contributed by atoms with Crippen molar-refractivity contribution < 1.29 is 4.79 Å². The molecule has 94 valence electrons. The van der Waals surface area contributed by atoms with E-state index in [4.69, 9.17) is 5.84 Å². The van der Waals surface area contributed by atoms with Gasteiger partial charge in [-0.25, -0.2) is 5.84 Å². The van der Waals surface area contributed by atoms with Crippen molar-refractivity contribution >= 4 is 17.7 Å². The average molecular weight is 252 g/mol. The predicted octanol–water partition coefficient (Wildman–Crippen LogP) is 2.24. The number of carbonyl (C=O) groups excluding carboxylic acids is 1. The van der Waals surface area contributed by atoms with Gasteiger partial charge in [-0.3, -0.25) is 10.2 Å². The van der Waals surface area contributed by atoms with Crippen LogP contribution in [0.1, 0.15) is 25.0 Å². The maximum atomic E-state index is 11.5. The van der Waals surface area contributed by atoms with Crippen LogP contribution in [0.5, 0.6) is 0 Å². The van der Waals surface area contributed by atoms with E-state index in [0.29, 0.717) is 0 Å². The zero-order chi connectivity index (χ0) is 12.9. The SMILES string of the molecule is Cc1ccccc1CSCC(C)(C)C(=O)NN. The third kappa shape index (κ3) is 4.06. The third-order valence-corrected chi connectivity index (χ3v) is 4.17. The van der Waals surface area contributed by atoms with Crippen LogP contribution in [0.25, 0.3) is 0 Å². The van der Waals surface area contributed by atoms with Gasteiger partial charge in [0.05, 0.1) is 5.41 Å². The van der Waals surface area contributed by atoms with Crippen LogP contribution < -0.4 is 11.3 Å². The fourth-order valence-corrected chi connectivity index (χ4v) is 2.74. The highest BCUT2D eigenvalue weighted by atomic mass is 32.2. The first-order chi connectivity index (χ1) is 7.97. The summed E-state index contributed by atoms with van der Waals surface area (Å²) in [4.78, 5) is 11.5. The zero-order valence-electron chi connectivity index (χ0n) is 10.6. The second-order valence-corrected chi connectivity index (χ2v) is 5.76. The lowest BCUT2D eigenvalue weighted by Gasteiger charge is -2.21. The van der Waals surface area contributed by atoms with Crippen LogP contribution in [0.4, 0.5) is 0 Å². The monoisotopic (exact) mass is 252 g/mol. The summed E-state index contributed by atoms with van der Waals surface area (Å²) in [6.45, 7) is 5.91. The molecule has 0 unspecified atom stereocenters. The van der Waals surface area contributed by atoms with Gasteiger partial charge in [0.25, 0.3) is 0 Å². The molecule has 0 heterocycles. The van der Waals surface area contributed by atoms with Gasteiger partial charge in [-0.05, 0) is 18.1 Å². The van der Waals surface area contributed by atoms with Crippen LogP contribution in [0, 0.1) is 12.3 Å². The van der Waals surface area contributed by atoms with E-state index in [1.54, 1.807) is 11.8 Å². The molecule has 0 spiro atoms. The number of nitrogens with two attached hydrogens (primary N) is 1. The second kappa shape index (κ2) is 6.07. The Morgan fingerprint density at radius 3 is 2.65 bits per heavy atom. The van der Waals surface area contributed by atoms with E-state index in [0.717, 1.165) is 11.5 Å². The second-order valence-electron chi connectivity index (χ2n) is 4.78. The Bertz CT molecular complexity index is 391. The van der Waals surface area contributed by atoms with Crippen molar-refractivity contribution in [2.24, 2.45) is 11.3 Å². The summed E-state index contributed by atoms with van der Waals surface area (Å²) in [7, 11) is 0. The van der Waals surface area contributed by atoms with Crippen molar-refractivity contribution in [1.82, 2.24) is 5.43 Å². The minimum Gasteiger partial charge on any atom is -0.294 e. The Kier molecular flexibility index (Phi) is 5.02. The van der Waals surface area contributed by atoms with Crippen LogP contribution in [-0.4, -0.2) is 11.7 Å². The lowest BCUT2D eigenvalue weighted by molar-refractivity contribution is -0.128. The topological polar surface area (TPSA) is 55.1 Å². The number of hydrogen-bond acceptors (Lipinski definition) is 3. The van der Waals surface area contributed by atoms with Crippen LogP contribution in [0.3, 0.4) is 0 Å². The molecule has 0 radical (unpaired) electrons. The Labute approximate surface area is 107 Å². The van der Waals surface area contributed by atoms with Gasteiger partial charge in [0, 0.05) is 11.5 Å². The lowest BCUT2D eigenvalue weighted by atomic mass is 9.96. The van der Waals surface area contributed by atoms with E-state index in [-0.39, 0.29) is 5.91 Å². The molecule has 0 aromatic heterocycles. The first-order valence-electron chi connectivity index (χ1n) is 5.60. The minimum absolute atomic E-state index is 0.116. The molecule has 0 aliphatic heterocycles. The molecule has 0 aliphatic carbocycles. The van der Waals surface area contributed by atoms with Gasteiger partial charge < -0.3 is 0 Å². The molecule has 3 N–H and O–H groups in total. The van der Waals surface area contributed by atoms with Gasteiger partial charge in [-0.15, -0.1) is 0 Å². The molecule has 0 saturated heterocycles. The van der Waals surface area contributed by atoms with Crippen molar-refractivity contribution in [3.63, 3.8) is 0 Å². The highest BCUT2D eigenvalue weighted by Gasteiger charge is 2.26. The van der Waals surface area contributed by atoms with Crippen LogP contribution >= 0.6 is 11.8 Å². The van der Waals surface area contributed by atoms with Crippen LogP contribution in [0.15, 0.2) is 24.3 Å². The Morgan fingerprint density at radius 2 is 2.06 bits per heavy atom. The molecule has 1 amide bonds. The smallest absolute Gasteiger partial charge is 0.240 e. The zero-order valence-corrected chi connectivity index (χ0v) is 11.4. The number of benzene rings is 1. The van der Waals surface area contributed by atoms with Gasteiger partial charge in [-0.1, -0.05) is 38.1 Å². The fraction of sp³-hybridized carbons (Fsp3) is 0.462. The molecule has 0 atom stereocenters. The summed E-state index contributed by atoms with van der Waals surface area (Å²) >= 11 is 1.75. The lowest BCUT2D eigenvalue weighted by Crippen LogP contribution is -2.42. The summed E-state index contributed by atoms with van der Waals surface area (Å²) in [6, 6.07) is 8.31. The van der Waals surface area contributed by atoms with E-state index in [2.05, 4.69) is 24.5 Å². The molecule has 1 aromatic carbocycles. The molecule has 0 aliphatic rings. The van der Waals surface area contributed by atoms with Crippen molar-refractivity contribution in [2.45, 2.75) is 26.5 Å². The van der Waals surface area contributed by atoms with E-state index in [1.807, 2.05) is 26.0 Å². The fourth-order valence-electron chi connectivity index (χ4n) is 1.45. The summed E-state index contributed by atoms with van der Waals surface area (Å²) in [5, 5.41) is 0. The van der Waals surface area contributed by atoms with Crippen LogP contribution in [0.2, 0.25) is 0 Å². The van der Waals surface area contributed by atoms with Crippen molar-refractivity contribution in [1.29, 1.82) is 0 Å². The number of thioether (sulfide) groups is 1. The summed E-state index contributed by atoms with van der Waals surface area (Å²) < 4.78 is 0. The first-order valence-corrected chi connectivity index (χ1v) is 6.76. The van der Waals surface area contributed by atoms with E-state index < -0.39 is 5.41 Å². The summed E-state index contributed by atoms with van der Waals surface area (Å²) in [5.74, 6) is 6.72. The molecule has 1 rings (SSSR count). The molecule has 0 saturated carbocycles. The molecule has 4 heteroatoms. The Hall–Kier alpha value is -1.00. The molecular weight excluding hydrogens is 232 g/mol. The van der Waals surface area contributed by atoms with E-state index >= 15 is 0 Å². The van der Waals surface area contributed by atoms with E-state index in [1.165, 1.54) is 11.1 Å². The van der Waals surface area contributed by atoms with Gasteiger partial charge in [-0.2, -0.15) is 11.8 Å². The van der Waals surface area contributed by atoms with Crippen molar-refractivity contribution in [3.05, 3.63) is 35.4 Å². The highest BCUT2D eigenvalue weighted by Crippen LogP contribution is 2.25. The van der Waals surface area contributed by atoms with Gasteiger partial charge >= 0.3 is 0 Å². The number of amides is 1. The summed E-state index contributed by atoms with van der Waals surface area (Å²) in [6.07, 6.45) is 0. The third-order valence-electron chi connectivity index (χ3n) is 2.73. The number of nitrogens with one attached hydrogen (secondary N) is 1. The average Bonchev–Trinajstić information content (AvgIpc) is 2.30. The number of rotatable bonds is 5. The van der Waals surface area contributed by atoms with Gasteiger partial charge in [0.1, 0.15) is 0 Å². The van der Waals surface area contributed by atoms with Gasteiger partial charge in [0.2, 0.25) is 5.91 Å². The van der Waals surface area contributed by atoms with Crippen LogP contribution in [-0.2, 0) is 10.5 Å². The number of hydrazine groups is 1. The Morgan fingerprint density at radius 1 is 1.41 bits per heavy atom. The molecule has 0 bridgehead atoms. The molecule has 1 aromatic rings. The highest BCUT2D eigenvalue weighted by molar-refractivity contribution is 7.98. The van der Waals surface area contributed by atoms with E-state index in [9.17, 15) is 4.79 Å². The Balaban J connectivity index is 2.48. The molecule has 17 heavy (non-hydrogen) atoms. The summed E-state index contributed by atoms with van der Waals surface area (Å²) in [5.41, 5.74) is 4.40.